The van der Waals surface area contributed by atoms with E-state index in [1.807, 2.05) is 48.5 Å². The first-order valence-corrected chi connectivity index (χ1v) is 10.5. The molecule has 0 spiro atoms. The lowest BCUT2D eigenvalue weighted by Gasteiger charge is -2.17. The van der Waals surface area contributed by atoms with Gasteiger partial charge in [-0.25, -0.2) is 0 Å². The lowest BCUT2D eigenvalue weighted by Crippen LogP contribution is -2.07. The topological polar surface area (TPSA) is 115 Å². The predicted octanol–water partition coefficient (Wildman–Crippen LogP) is 3.44. The number of allylic oxidation sites excluding steroid dienone is 1. The SMILES string of the molecule is O=P(O)(O)C(C/C=C/c1cccc(-c2ccccc2)c1)P(=O)(O)O. The van der Waals surface area contributed by atoms with E-state index in [2.05, 4.69) is 0 Å². The zero-order chi connectivity index (χ0) is 17.8. The van der Waals surface area contributed by atoms with E-state index in [0.717, 1.165) is 16.7 Å². The standard InChI is InChI=1S/C16H18O6P2/c17-23(18,19)16(24(20,21)22)11-5-7-13-6-4-10-15(12-13)14-8-2-1-3-9-14/h1-10,12,16H,11H2,(H2,17,18,19)(H2,20,21,22)/b7-5+. The van der Waals surface area contributed by atoms with Crippen LogP contribution in [0.15, 0.2) is 60.7 Å². The highest BCUT2D eigenvalue weighted by Gasteiger charge is 2.42. The van der Waals surface area contributed by atoms with Crippen molar-refractivity contribution in [2.45, 2.75) is 11.8 Å². The predicted molar refractivity (Wildman–Crippen MR) is 93.4 cm³/mol. The highest BCUT2D eigenvalue weighted by Crippen LogP contribution is 2.61. The van der Waals surface area contributed by atoms with Crippen LogP contribution in [-0.2, 0) is 9.13 Å². The van der Waals surface area contributed by atoms with Gasteiger partial charge in [0.25, 0.3) is 0 Å². The van der Waals surface area contributed by atoms with Gasteiger partial charge in [-0.3, -0.25) is 9.13 Å². The molecule has 0 fully saturated rings. The molecule has 8 heteroatoms. The second-order valence-corrected chi connectivity index (χ2v) is 9.30. The fourth-order valence-corrected chi connectivity index (χ4v) is 4.61. The van der Waals surface area contributed by atoms with Crippen molar-refractivity contribution >= 4 is 21.3 Å². The first-order chi connectivity index (χ1) is 11.2. The minimum atomic E-state index is -4.89. The molecule has 0 heterocycles. The van der Waals surface area contributed by atoms with Crippen molar-refractivity contribution in [2.24, 2.45) is 0 Å². The van der Waals surface area contributed by atoms with E-state index >= 15 is 0 Å². The fraction of sp³-hybridized carbons (Fsp3) is 0.125. The van der Waals surface area contributed by atoms with E-state index in [0.29, 0.717) is 0 Å². The van der Waals surface area contributed by atoms with Gasteiger partial charge in [-0.1, -0.05) is 60.7 Å². The van der Waals surface area contributed by atoms with Gasteiger partial charge in [-0.05, 0) is 29.2 Å². The maximum absolute atomic E-state index is 11.2. The highest BCUT2D eigenvalue weighted by molar-refractivity contribution is 7.70. The first-order valence-electron chi connectivity index (χ1n) is 7.10. The molecule has 2 aromatic rings. The second-order valence-electron chi connectivity index (χ2n) is 5.29. The van der Waals surface area contributed by atoms with E-state index in [4.69, 9.17) is 19.6 Å². The third kappa shape index (κ3) is 5.25. The molecule has 0 aliphatic carbocycles. The molecule has 6 nitrogen and oxygen atoms in total. The maximum Gasteiger partial charge on any atom is 0.341 e. The van der Waals surface area contributed by atoms with E-state index in [9.17, 15) is 9.13 Å². The summed E-state index contributed by atoms with van der Waals surface area (Å²) in [5, 5.41) is -2.02. The van der Waals surface area contributed by atoms with E-state index in [1.54, 1.807) is 12.1 Å². The van der Waals surface area contributed by atoms with Crippen molar-refractivity contribution in [2.75, 3.05) is 0 Å². The Labute approximate surface area is 139 Å². The first kappa shape index (κ1) is 18.8. The molecule has 0 saturated heterocycles. The van der Waals surface area contributed by atoms with Gasteiger partial charge < -0.3 is 19.6 Å². The van der Waals surface area contributed by atoms with Crippen LogP contribution in [-0.4, -0.2) is 25.0 Å². The molecule has 24 heavy (non-hydrogen) atoms. The van der Waals surface area contributed by atoms with Crippen LogP contribution in [0.1, 0.15) is 12.0 Å². The molecule has 2 rings (SSSR count). The van der Waals surface area contributed by atoms with Gasteiger partial charge in [-0.2, -0.15) is 0 Å². The summed E-state index contributed by atoms with van der Waals surface area (Å²) in [6, 6.07) is 17.1. The van der Waals surface area contributed by atoms with Crippen LogP contribution in [0.3, 0.4) is 0 Å². The van der Waals surface area contributed by atoms with Gasteiger partial charge >= 0.3 is 15.2 Å². The van der Waals surface area contributed by atoms with Gasteiger partial charge in [0.05, 0.1) is 0 Å². The Balaban J connectivity index is 2.18. The van der Waals surface area contributed by atoms with Crippen LogP contribution >= 0.6 is 15.2 Å². The summed E-state index contributed by atoms with van der Waals surface area (Å²) in [5.74, 6) is 0. The summed E-state index contributed by atoms with van der Waals surface area (Å²) in [6.07, 6.45) is 2.54. The van der Waals surface area contributed by atoms with Crippen LogP contribution in [0.25, 0.3) is 17.2 Å². The molecular weight excluding hydrogens is 350 g/mol. The summed E-state index contributed by atoms with van der Waals surface area (Å²) in [6.45, 7) is 0. The van der Waals surface area contributed by atoms with Crippen molar-refractivity contribution in [1.82, 2.24) is 0 Å². The molecule has 0 bridgehead atoms. The summed E-state index contributed by atoms with van der Waals surface area (Å²) in [5.41, 5.74) is 2.77. The number of hydrogen-bond acceptors (Lipinski definition) is 2. The van der Waals surface area contributed by atoms with E-state index in [1.165, 1.54) is 6.08 Å². The van der Waals surface area contributed by atoms with Gasteiger partial charge in [-0.15, -0.1) is 0 Å². The Morgan fingerprint density at radius 1 is 0.833 bits per heavy atom. The van der Waals surface area contributed by atoms with Crippen molar-refractivity contribution < 1.29 is 28.7 Å². The van der Waals surface area contributed by atoms with Gasteiger partial charge in [0.15, 0.2) is 5.40 Å². The Bertz CT molecular complexity index is 784. The third-order valence-electron chi connectivity index (χ3n) is 3.43. The summed E-state index contributed by atoms with van der Waals surface area (Å²) in [4.78, 5) is 36.4. The van der Waals surface area contributed by atoms with Crippen molar-refractivity contribution in [1.29, 1.82) is 0 Å². The van der Waals surface area contributed by atoms with Crippen molar-refractivity contribution in [3.05, 3.63) is 66.2 Å². The second kappa shape index (κ2) is 7.58. The molecule has 0 aromatic heterocycles. The van der Waals surface area contributed by atoms with Gasteiger partial charge in [0, 0.05) is 0 Å². The summed E-state index contributed by atoms with van der Waals surface area (Å²) >= 11 is 0. The lowest BCUT2D eigenvalue weighted by atomic mass is 10.0. The highest BCUT2D eigenvalue weighted by atomic mass is 31.2. The summed E-state index contributed by atoms with van der Waals surface area (Å²) < 4.78 is 22.5. The zero-order valence-corrected chi connectivity index (χ0v) is 14.4. The number of hydrogen-bond donors (Lipinski definition) is 4. The smallest absolute Gasteiger partial charge is 0.324 e. The summed E-state index contributed by atoms with van der Waals surface area (Å²) in [7, 11) is -9.78. The number of benzene rings is 2. The molecule has 0 amide bonds. The van der Waals surface area contributed by atoms with Gasteiger partial charge in [0.1, 0.15) is 0 Å². The lowest BCUT2D eigenvalue weighted by molar-refractivity contribution is 0.339. The third-order valence-corrected chi connectivity index (χ3v) is 7.21. The molecule has 0 aliphatic rings. The molecule has 0 aliphatic heterocycles. The Hall–Kier alpha value is -1.52. The molecule has 0 radical (unpaired) electrons. The minimum Gasteiger partial charge on any atom is -0.324 e. The average Bonchev–Trinajstić information content (AvgIpc) is 2.50. The quantitative estimate of drug-likeness (QED) is 0.581. The van der Waals surface area contributed by atoms with Crippen molar-refractivity contribution in [3.63, 3.8) is 0 Å². The van der Waals surface area contributed by atoms with Crippen LogP contribution in [0, 0.1) is 0 Å². The molecule has 0 unspecified atom stereocenters. The molecule has 0 atom stereocenters. The Kier molecular flexibility index (Phi) is 5.94. The molecule has 0 saturated carbocycles. The largest absolute Gasteiger partial charge is 0.341 e. The van der Waals surface area contributed by atoms with Crippen LogP contribution < -0.4 is 0 Å². The van der Waals surface area contributed by atoms with E-state index < -0.39 is 27.0 Å². The monoisotopic (exact) mass is 368 g/mol. The average molecular weight is 368 g/mol. The maximum atomic E-state index is 11.2. The van der Waals surface area contributed by atoms with E-state index in [-0.39, 0.29) is 0 Å². The molecule has 2 aromatic carbocycles. The Morgan fingerprint density at radius 3 is 2.00 bits per heavy atom. The van der Waals surface area contributed by atoms with Crippen molar-refractivity contribution in [3.8, 4) is 11.1 Å². The van der Waals surface area contributed by atoms with Crippen LogP contribution in [0.5, 0.6) is 0 Å². The normalized spacial score (nSPS) is 12.9. The number of rotatable bonds is 6. The fourth-order valence-electron chi connectivity index (χ4n) is 2.25. The zero-order valence-electron chi connectivity index (χ0n) is 12.6. The molecule has 4 N–H and O–H groups in total. The molecule has 128 valence electrons. The van der Waals surface area contributed by atoms with Crippen LogP contribution in [0.4, 0.5) is 0 Å². The molecular formula is C16H18O6P2. The minimum absolute atomic E-state index is 0.413. The van der Waals surface area contributed by atoms with Gasteiger partial charge in [0.2, 0.25) is 0 Å². The van der Waals surface area contributed by atoms with Crippen LogP contribution in [0.2, 0.25) is 0 Å². The Morgan fingerprint density at radius 2 is 1.42 bits per heavy atom.